The van der Waals surface area contributed by atoms with Gasteiger partial charge in [-0.05, 0) is 53.3 Å². The van der Waals surface area contributed by atoms with Gasteiger partial charge in [0.2, 0.25) is 0 Å². The Balaban J connectivity index is 2.83. The summed E-state index contributed by atoms with van der Waals surface area (Å²) in [5.74, 6) is 1.22. The molecular formula is C20H35N. The molecule has 0 atom stereocenters. The van der Waals surface area contributed by atoms with Crippen molar-refractivity contribution in [2.24, 2.45) is 5.41 Å². The monoisotopic (exact) mass is 289 g/mol. The lowest BCUT2D eigenvalue weighted by atomic mass is 9.83. The van der Waals surface area contributed by atoms with E-state index >= 15 is 0 Å². The average molecular weight is 290 g/mol. The molecule has 0 aliphatic heterocycles. The Morgan fingerprint density at radius 2 is 1.71 bits per heavy atom. The molecule has 0 fully saturated rings. The zero-order chi connectivity index (χ0) is 16.0. The molecule has 0 saturated heterocycles. The second kappa shape index (κ2) is 7.98. The molecule has 0 bridgehead atoms. The van der Waals surface area contributed by atoms with Gasteiger partial charge in [-0.1, -0.05) is 66.7 Å². The Kier molecular flexibility index (Phi) is 6.93. The number of hydrogen-bond acceptors (Lipinski definition) is 1. The number of aryl methyl sites for hydroxylation is 1. The zero-order valence-corrected chi connectivity index (χ0v) is 15.2. The summed E-state index contributed by atoms with van der Waals surface area (Å²) >= 11 is 0. The molecule has 120 valence electrons. The second-order valence-electron chi connectivity index (χ2n) is 7.71. The summed E-state index contributed by atoms with van der Waals surface area (Å²) in [6.45, 7) is 18.3. The minimum absolute atomic E-state index is 0.362. The fourth-order valence-corrected chi connectivity index (χ4v) is 2.76. The molecule has 1 aromatic carbocycles. The molecule has 0 radical (unpaired) electrons. The molecule has 1 N–H and O–H groups in total. The van der Waals surface area contributed by atoms with Gasteiger partial charge in [-0.3, -0.25) is 0 Å². The van der Waals surface area contributed by atoms with Crippen LogP contribution in [0, 0.1) is 5.41 Å². The van der Waals surface area contributed by atoms with Gasteiger partial charge < -0.3 is 5.32 Å². The third-order valence-electron chi connectivity index (χ3n) is 4.38. The molecule has 21 heavy (non-hydrogen) atoms. The molecule has 0 saturated carbocycles. The fraction of sp³-hybridized carbons (Fsp3) is 0.700. The van der Waals surface area contributed by atoms with Crippen molar-refractivity contribution in [3.8, 4) is 0 Å². The summed E-state index contributed by atoms with van der Waals surface area (Å²) < 4.78 is 0. The van der Waals surface area contributed by atoms with Gasteiger partial charge >= 0.3 is 0 Å². The Hall–Kier alpha value is -0.820. The van der Waals surface area contributed by atoms with Gasteiger partial charge in [0.15, 0.2) is 0 Å². The molecule has 0 unspecified atom stereocenters. The maximum Gasteiger partial charge on any atom is 0.000251 e. The van der Waals surface area contributed by atoms with Crippen LogP contribution in [0.25, 0.3) is 0 Å². The molecule has 1 rings (SSSR count). The van der Waals surface area contributed by atoms with Crippen LogP contribution in [0.15, 0.2) is 18.2 Å². The summed E-state index contributed by atoms with van der Waals surface area (Å²) in [5.41, 5.74) is 4.91. The minimum atomic E-state index is 0.362. The van der Waals surface area contributed by atoms with E-state index in [1.165, 1.54) is 18.4 Å². The van der Waals surface area contributed by atoms with Crippen LogP contribution in [-0.2, 0) is 6.42 Å². The molecular weight excluding hydrogens is 254 g/mol. The maximum atomic E-state index is 3.49. The van der Waals surface area contributed by atoms with Crippen molar-refractivity contribution in [1.82, 2.24) is 5.32 Å². The first-order chi connectivity index (χ1) is 9.76. The topological polar surface area (TPSA) is 12.0 Å². The first kappa shape index (κ1) is 18.2. The van der Waals surface area contributed by atoms with E-state index < -0.39 is 0 Å². The van der Waals surface area contributed by atoms with Crippen LogP contribution in [-0.4, -0.2) is 13.1 Å². The van der Waals surface area contributed by atoms with Crippen molar-refractivity contribution < 1.29 is 0 Å². The predicted molar refractivity (Wildman–Crippen MR) is 95.3 cm³/mol. The Labute approximate surface area is 132 Å². The summed E-state index contributed by atoms with van der Waals surface area (Å²) in [7, 11) is 0. The standard InChI is InChI=1S/C20H35N/c1-8-21-14-20(6,7)12-11-17-9-10-18(15(2)3)13-19(17)16(4)5/h9-10,13,15-16,21H,8,11-12,14H2,1-7H3. The first-order valence-electron chi connectivity index (χ1n) is 8.60. The van der Waals surface area contributed by atoms with Gasteiger partial charge in [0.25, 0.3) is 0 Å². The van der Waals surface area contributed by atoms with Crippen molar-refractivity contribution in [3.05, 3.63) is 34.9 Å². The van der Waals surface area contributed by atoms with Gasteiger partial charge in [-0.25, -0.2) is 0 Å². The van der Waals surface area contributed by atoms with Crippen LogP contribution in [0.2, 0.25) is 0 Å². The quantitative estimate of drug-likeness (QED) is 0.666. The van der Waals surface area contributed by atoms with Crippen molar-refractivity contribution in [2.75, 3.05) is 13.1 Å². The third kappa shape index (κ3) is 5.82. The van der Waals surface area contributed by atoms with Crippen molar-refractivity contribution >= 4 is 0 Å². The highest BCUT2D eigenvalue weighted by Gasteiger charge is 2.18. The van der Waals surface area contributed by atoms with E-state index in [9.17, 15) is 0 Å². The molecule has 1 aromatic rings. The summed E-state index contributed by atoms with van der Waals surface area (Å²) in [4.78, 5) is 0. The van der Waals surface area contributed by atoms with Crippen LogP contribution in [0.1, 0.15) is 83.4 Å². The van der Waals surface area contributed by atoms with E-state index in [2.05, 4.69) is 72.0 Å². The minimum Gasteiger partial charge on any atom is -0.316 e. The number of rotatable bonds is 8. The zero-order valence-electron chi connectivity index (χ0n) is 15.2. The summed E-state index contributed by atoms with van der Waals surface area (Å²) in [6, 6.07) is 7.12. The van der Waals surface area contributed by atoms with Crippen LogP contribution >= 0.6 is 0 Å². The predicted octanol–water partition coefficient (Wildman–Crippen LogP) is 5.50. The van der Waals surface area contributed by atoms with Crippen molar-refractivity contribution in [2.45, 2.75) is 73.1 Å². The van der Waals surface area contributed by atoms with Gasteiger partial charge in [-0.15, -0.1) is 0 Å². The Bertz CT molecular complexity index is 429. The fourth-order valence-electron chi connectivity index (χ4n) is 2.76. The first-order valence-corrected chi connectivity index (χ1v) is 8.60. The SMILES string of the molecule is CCNCC(C)(C)CCc1ccc(C(C)C)cc1C(C)C. The van der Waals surface area contributed by atoms with Crippen LogP contribution in [0.5, 0.6) is 0 Å². The molecule has 0 aromatic heterocycles. The molecule has 0 aliphatic rings. The molecule has 0 heterocycles. The lowest BCUT2D eigenvalue weighted by Gasteiger charge is -2.26. The van der Waals surface area contributed by atoms with Gasteiger partial charge in [0.05, 0.1) is 0 Å². The molecule has 0 amide bonds. The molecule has 0 aliphatic carbocycles. The van der Waals surface area contributed by atoms with E-state index in [-0.39, 0.29) is 0 Å². The number of benzene rings is 1. The van der Waals surface area contributed by atoms with Gasteiger partial charge in [0, 0.05) is 6.54 Å². The highest BCUT2D eigenvalue weighted by Crippen LogP contribution is 2.29. The lowest BCUT2D eigenvalue weighted by Crippen LogP contribution is -2.29. The van der Waals surface area contributed by atoms with E-state index in [4.69, 9.17) is 0 Å². The van der Waals surface area contributed by atoms with Crippen molar-refractivity contribution in [1.29, 1.82) is 0 Å². The van der Waals surface area contributed by atoms with E-state index in [0.29, 0.717) is 17.3 Å². The largest absolute Gasteiger partial charge is 0.316 e. The Morgan fingerprint density at radius 1 is 1.05 bits per heavy atom. The number of nitrogens with one attached hydrogen (secondary N) is 1. The smallest absolute Gasteiger partial charge is 0.000251 e. The maximum absolute atomic E-state index is 3.49. The normalized spacial score (nSPS) is 12.4. The Morgan fingerprint density at radius 3 is 2.24 bits per heavy atom. The second-order valence-corrected chi connectivity index (χ2v) is 7.71. The van der Waals surface area contributed by atoms with Crippen LogP contribution < -0.4 is 5.32 Å². The lowest BCUT2D eigenvalue weighted by molar-refractivity contribution is 0.317. The summed E-state index contributed by atoms with van der Waals surface area (Å²) in [6.07, 6.45) is 2.42. The number of hydrogen-bond donors (Lipinski definition) is 1. The molecule has 1 heteroatoms. The molecule has 1 nitrogen and oxygen atoms in total. The van der Waals surface area contributed by atoms with E-state index in [1.807, 2.05) is 0 Å². The highest BCUT2D eigenvalue weighted by atomic mass is 14.9. The van der Waals surface area contributed by atoms with Crippen LogP contribution in [0.3, 0.4) is 0 Å². The van der Waals surface area contributed by atoms with Crippen LogP contribution in [0.4, 0.5) is 0 Å². The van der Waals surface area contributed by atoms with E-state index in [1.54, 1.807) is 11.1 Å². The van der Waals surface area contributed by atoms with E-state index in [0.717, 1.165) is 13.1 Å². The average Bonchev–Trinajstić information content (AvgIpc) is 2.42. The highest BCUT2D eigenvalue weighted by molar-refractivity contribution is 5.35. The molecule has 0 spiro atoms. The van der Waals surface area contributed by atoms with Crippen molar-refractivity contribution in [3.63, 3.8) is 0 Å². The third-order valence-corrected chi connectivity index (χ3v) is 4.38. The van der Waals surface area contributed by atoms with Gasteiger partial charge in [-0.2, -0.15) is 0 Å². The van der Waals surface area contributed by atoms with Gasteiger partial charge in [0.1, 0.15) is 0 Å². The summed E-state index contributed by atoms with van der Waals surface area (Å²) in [5, 5.41) is 3.49.